The van der Waals surface area contributed by atoms with Crippen LogP contribution in [0.15, 0.2) is 82.6 Å². The first-order valence-corrected chi connectivity index (χ1v) is 10.8. The van der Waals surface area contributed by atoms with E-state index in [1.165, 1.54) is 24.6 Å². The maximum atomic E-state index is 12.8. The van der Waals surface area contributed by atoms with Crippen LogP contribution in [0.1, 0.15) is 21.8 Å². The molecule has 0 fully saturated rings. The summed E-state index contributed by atoms with van der Waals surface area (Å²) in [6.45, 7) is 1.79. The summed E-state index contributed by atoms with van der Waals surface area (Å²) in [5.74, 6) is 0.681. The number of hydrogen-bond donors (Lipinski definition) is 2. The van der Waals surface area contributed by atoms with Gasteiger partial charge in [-0.1, -0.05) is 12.1 Å². The molecule has 158 valence electrons. The van der Waals surface area contributed by atoms with Gasteiger partial charge in [0.05, 0.1) is 35.2 Å². The minimum Gasteiger partial charge on any atom is -0.468 e. The van der Waals surface area contributed by atoms with Gasteiger partial charge in [0.15, 0.2) is 5.82 Å². The highest BCUT2D eigenvalue weighted by Crippen LogP contribution is 2.18. The highest BCUT2D eigenvalue weighted by Gasteiger charge is 2.18. The molecule has 0 radical (unpaired) electrons. The fraction of sp³-hybridized carbons (Fsp3) is 0.0952. The maximum Gasteiger partial charge on any atom is 0.259 e. The highest BCUT2D eigenvalue weighted by atomic mass is 32.2. The van der Waals surface area contributed by atoms with Crippen molar-refractivity contribution < 1.29 is 17.6 Å². The number of pyridine rings is 1. The van der Waals surface area contributed by atoms with E-state index in [-0.39, 0.29) is 11.4 Å². The number of rotatable bonds is 7. The van der Waals surface area contributed by atoms with Crippen LogP contribution in [-0.4, -0.2) is 29.1 Å². The van der Waals surface area contributed by atoms with Gasteiger partial charge < -0.3 is 9.73 Å². The Morgan fingerprint density at radius 3 is 2.74 bits per heavy atom. The largest absolute Gasteiger partial charge is 0.468 e. The molecule has 0 unspecified atom stereocenters. The maximum absolute atomic E-state index is 12.8. The van der Waals surface area contributed by atoms with Gasteiger partial charge in [0.25, 0.3) is 5.91 Å². The van der Waals surface area contributed by atoms with E-state index < -0.39 is 15.9 Å². The molecule has 0 aliphatic rings. The molecular weight excluding hydrogens is 418 g/mol. The van der Waals surface area contributed by atoms with Gasteiger partial charge in [0.2, 0.25) is 10.0 Å². The zero-order chi connectivity index (χ0) is 21.8. The Morgan fingerprint density at radius 2 is 2.00 bits per heavy atom. The first-order chi connectivity index (χ1) is 14.9. The number of anilines is 1. The fourth-order valence-electron chi connectivity index (χ4n) is 2.94. The number of amides is 1. The Bertz CT molecular complexity index is 1300. The van der Waals surface area contributed by atoms with Gasteiger partial charge >= 0.3 is 0 Å². The van der Waals surface area contributed by atoms with Gasteiger partial charge in [-0.25, -0.2) is 22.8 Å². The van der Waals surface area contributed by atoms with Crippen LogP contribution in [0.3, 0.4) is 0 Å². The van der Waals surface area contributed by atoms with Crippen molar-refractivity contribution in [3.63, 3.8) is 0 Å². The smallest absolute Gasteiger partial charge is 0.259 e. The van der Waals surface area contributed by atoms with Gasteiger partial charge in [-0.2, -0.15) is 5.10 Å². The molecule has 3 heterocycles. The Balaban J connectivity index is 1.50. The Morgan fingerprint density at radius 1 is 1.13 bits per heavy atom. The molecule has 0 aliphatic carbocycles. The molecule has 3 aromatic heterocycles. The number of aromatic nitrogens is 3. The minimum absolute atomic E-state index is 0.0256. The van der Waals surface area contributed by atoms with Gasteiger partial charge in [-0.3, -0.25) is 4.79 Å². The zero-order valence-corrected chi connectivity index (χ0v) is 17.3. The van der Waals surface area contributed by atoms with Crippen molar-refractivity contribution in [3.8, 4) is 5.82 Å². The van der Waals surface area contributed by atoms with Crippen LogP contribution in [0.25, 0.3) is 5.82 Å². The molecule has 0 saturated carbocycles. The van der Waals surface area contributed by atoms with Crippen molar-refractivity contribution in [1.29, 1.82) is 0 Å². The molecular formula is C21H19N5O4S. The van der Waals surface area contributed by atoms with Crippen molar-refractivity contribution in [2.75, 3.05) is 5.32 Å². The van der Waals surface area contributed by atoms with Crippen LogP contribution in [0.5, 0.6) is 0 Å². The zero-order valence-electron chi connectivity index (χ0n) is 16.5. The van der Waals surface area contributed by atoms with Crippen molar-refractivity contribution in [2.24, 2.45) is 0 Å². The summed E-state index contributed by atoms with van der Waals surface area (Å²) in [5, 5.41) is 6.96. The molecule has 1 amide bonds. The van der Waals surface area contributed by atoms with E-state index >= 15 is 0 Å². The number of nitrogens with zero attached hydrogens (tertiary/aromatic N) is 3. The minimum atomic E-state index is -3.79. The van der Waals surface area contributed by atoms with Crippen LogP contribution >= 0.6 is 0 Å². The Kier molecular flexibility index (Phi) is 5.65. The van der Waals surface area contributed by atoms with Gasteiger partial charge in [0.1, 0.15) is 5.76 Å². The number of nitrogens with one attached hydrogen (secondary N) is 2. The molecule has 31 heavy (non-hydrogen) atoms. The Labute approximate surface area is 178 Å². The third-order valence-electron chi connectivity index (χ3n) is 4.54. The van der Waals surface area contributed by atoms with Gasteiger partial charge in [-0.15, -0.1) is 0 Å². The summed E-state index contributed by atoms with van der Waals surface area (Å²) in [6, 6.07) is 14.8. The molecule has 10 heteroatoms. The predicted octanol–water partition coefficient (Wildman–Crippen LogP) is 2.90. The van der Waals surface area contributed by atoms with Crippen molar-refractivity contribution in [2.45, 2.75) is 18.4 Å². The third-order valence-corrected chi connectivity index (χ3v) is 5.94. The van der Waals surface area contributed by atoms with E-state index in [0.29, 0.717) is 28.5 Å². The number of sulfonamides is 1. The van der Waals surface area contributed by atoms with E-state index in [4.69, 9.17) is 4.42 Å². The van der Waals surface area contributed by atoms with Crippen LogP contribution < -0.4 is 10.0 Å². The van der Waals surface area contributed by atoms with E-state index in [0.717, 1.165) is 0 Å². The molecule has 0 aliphatic heterocycles. The van der Waals surface area contributed by atoms with Crippen molar-refractivity contribution in [1.82, 2.24) is 19.5 Å². The molecule has 4 rings (SSSR count). The monoisotopic (exact) mass is 437 g/mol. The van der Waals surface area contributed by atoms with Gasteiger partial charge in [-0.05, 0) is 49.4 Å². The number of furan rings is 1. The average Bonchev–Trinajstić information content (AvgIpc) is 3.43. The lowest BCUT2D eigenvalue weighted by atomic mass is 10.2. The molecule has 4 aromatic rings. The first kappa shape index (κ1) is 20.5. The SMILES string of the molecule is Cc1c(C(=O)Nc2cccc(S(=O)(=O)NCc3ccco3)c2)cnn1-c1ccccn1. The molecule has 0 spiro atoms. The predicted molar refractivity (Wildman–Crippen MR) is 113 cm³/mol. The lowest BCUT2D eigenvalue weighted by Gasteiger charge is -2.09. The van der Waals surface area contributed by atoms with E-state index in [1.807, 2.05) is 6.07 Å². The summed E-state index contributed by atoms with van der Waals surface area (Å²) >= 11 is 0. The van der Waals surface area contributed by atoms with Crippen LogP contribution in [0.2, 0.25) is 0 Å². The molecule has 0 bridgehead atoms. The Hall–Kier alpha value is -3.76. The van der Waals surface area contributed by atoms with Crippen LogP contribution in [0.4, 0.5) is 5.69 Å². The number of benzene rings is 1. The first-order valence-electron chi connectivity index (χ1n) is 9.33. The number of carbonyl (C=O) groups excluding carboxylic acids is 1. The lowest BCUT2D eigenvalue weighted by Crippen LogP contribution is -2.23. The van der Waals surface area contributed by atoms with Crippen molar-refractivity contribution in [3.05, 3.63) is 90.3 Å². The molecule has 0 atom stereocenters. The number of hydrogen-bond acceptors (Lipinski definition) is 6. The molecule has 1 aromatic carbocycles. The van der Waals surface area contributed by atoms with Crippen molar-refractivity contribution >= 4 is 21.6 Å². The second kappa shape index (κ2) is 8.54. The highest BCUT2D eigenvalue weighted by molar-refractivity contribution is 7.89. The second-order valence-corrected chi connectivity index (χ2v) is 8.40. The van der Waals surface area contributed by atoms with E-state index in [1.54, 1.807) is 54.2 Å². The van der Waals surface area contributed by atoms with E-state index in [9.17, 15) is 13.2 Å². The fourth-order valence-corrected chi connectivity index (χ4v) is 3.98. The molecule has 9 nitrogen and oxygen atoms in total. The average molecular weight is 437 g/mol. The summed E-state index contributed by atoms with van der Waals surface area (Å²) in [5.41, 5.74) is 1.31. The second-order valence-electron chi connectivity index (χ2n) is 6.63. The third kappa shape index (κ3) is 4.55. The van der Waals surface area contributed by atoms with Crippen LogP contribution in [0, 0.1) is 6.92 Å². The summed E-state index contributed by atoms with van der Waals surface area (Å²) < 4.78 is 34.3. The lowest BCUT2D eigenvalue weighted by molar-refractivity contribution is 0.102. The molecule has 0 saturated heterocycles. The van der Waals surface area contributed by atoms with Gasteiger partial charge in [0, 0.05) is 11.9 Å². The molecule has 2 N–H and O–H groups in total. The topological polar surface area (TPSA) is 119 Å². The quantitative estimate of drug-likeness (QED) is 0.459. The number of carbonyl (C=O) groups is 1. The van der Waals surface area contributed by atoms with Crippen LogP contribution in [-0.2, 0) is 16.6 Å². The van der Waals surface area contributed by atoms with E-state index in [2.05, 4.69) is 20.1 Å². The summed E-state index contributed by atoms with van der Waals surface area (Å²) in [7, 11) is -3.79. The standard InChI is InChI=1S/C21H19N5O4S/c1-15-19(14-23-26(15)20-9-2-3-10-22-20)21(27)25-16-6-4-8-18(12-16)31(28,29)24-13-17-7-5-11-30-17/h2-12,14,24H,13H2,1H3,(H,25,27). The normalized spacial score (nSPS) is 11.4. The summed E-state index contributed by atoms with van der Waals surface area (Å²) in [6.07, 6.45) is 4.56. The summed E-state index contributed by atoms with van der Waals surface area (Å²) in [4.78, 5) is 17.0.